The number of benzene rings is 1. The van der Waals surface area contributed by atoms with Gasteiger partial charge in [0, 0.05) is 18.7 Å². The summed E-state index contributed by atoms with van der Waals surface area (Å²) < 4.78 is 64.9. The van der Waals surface area contributed by atoms with Crippen LogP contribution >= 0.6 is 11.6 Å². The lowest BCUT2D eigenvalue weighted by Crippen LogP contribution is -2.48. The van der Waals surface area contributed by atoms with E-state index >= 15 is 0 Å². The van der Waals surface area contributed by atoms with Gasteiger partial charge in [-0.25, -0.2) is 4.39 Å². The Morgan fingerprint density at radius 1 is 1.29 bits per heavy atom. The van der Waals surface area contributed by atoms with Crippen LogP contribution in [-0.4, -0.2) is 48.1 Å². The average molecular weight is 467 g/mol. The smallest absolute Gasteiger partial charge is 0.414 e. The molecule has 31 heavy (non-hydrogen) atoms. The van der Waals surface area contributed by atoms with Crippen LogP contribution in [0.3, 0.4) is 0 Å². The zero-order chi connectivity index (χ0) is 22.4. The first kappa shape index (κ1) is 23.1. The molecule has 2 aromatic rings. The van der Waals surface area contributed by atoms with Crippen molar-refractivity contribution in [2.75, 3.05) is 19.8 Å². The van der Waals surface area contributed by atoms with Crippen molar-refractivity contribution in [3.8, 4) is 11.8 Å². The van der Waals surface area contributed by atoms with Crippen molar-refractivity contribution >= 4 is 17.5 Å². The van der Waals surface area contributed by atoms with E-state index in [0.717, 1.165) is 6.07 Å². The number of aromatic nitrogens is 2. The lowest BCUT2D eigenvalue weighted by molar-refractivity contribution is -0.140. The third kappa shape index (κ3) is 7.24. The third-order valence-corrected chi connectivity index (χ3v) is 4.66. The quantitative estimate of drug-likeness (QED) is 0.576. The summed E-state index contributed by atoms with van der Waals surface area (Å²) in [5, 5.41) is 13.2. The van der Waals surface area contributed by atoms with Gasteiger partial charge < -0.3 is 24.5 Å². The Morgan fingerprint density at radius 3 is 2.77 bits per heavy atom. The largest absolute Gasteiger partial charge is 0.484 e. The summed E-state index contributed by atoms with van der Waals surface area (Å²) in [6.45, 7) is -0.459. The number of amides is 1. The summed E-state index contributed by atoms with van der Waals surface area (Å²) in [5.74, 6) is -0.470. The summed E-state index contributed by atoms with van der Waals surface area (Å²) >= 11 is 5.66. The second-order valence-corrected chi connectivity index (χ2v) is 7.19. The molecule has 0 saturated carbocycles. The maximum Gasteiger partial charge on any atom is 0.414 e. The van der Waals surface area contributed by atoms with Crippen molar-refractivity contribution in [2.24, 2.45) is 0 Å². The maximum atomic E-state index is 13.1. The standard InChI is InChI=1S/C18H19ClF4N4O4/c19-12-7-11(2-3-13(12)20)30-9-15(28)25-10-1-4-14(24-8-10)16-26-27-17(31-16)29-6-5-18(21,22)23/h2-3,7,10,14,24H,1,4-6,8-9H2,(H,25,28)/t10-,14+/m0/s1. The van der Waals surface area contributed by atoms with Gasteiger partial charge in [-0.2, -0.15) is 13.2 Å². The Labute approximate surface area is 179 Å². The first-order valence-corrected chi connectivity index (χ1v) is 9.71. The second-order valence-electron chi connectivity index (χ2n) is 6.79. The summed E-state index contributed by atoms with van der Waals surface area (Å²) in [7, 11) is 0. The SMILES string of the molecule is O=C(COc1ccc(F)c(Cl)c1)N[C@H]1CC[C@H](c2nnc(OCCC(F)(F)F)o2)NC1. The van der Waals surface area contributed by atoms with Crippen molar-refractivity contribution in [2.45, 2.75) is 37.5 Å². The molecule has 2 N–H and O–H groups in total. The minimum Gasteiger partial charge on any atom is -0.484 e. The molecule has 0 bridgehead atoms. The van der Waals surface area contributed by atoms with Crippen molar-refractivity contribution < 1.29 is 36.2 Å². The summed E-state index contributed by atoms with van der Waals surface area (Å²) in [6.07, 6.45) is -4.63. The zero-order valence-corrected chi connectivity index (χ0v) is 16.8. The molecule has 0 aliphatic carbocycles. The highest BCUT2D eigenvalue weighted by atomic mass is 35.5. The zero-order valence-electron chi connectivity index (χ0n) is 16.0. The topological polar surface area (TPSA) is 98.5 Å². The lowest BCUT2D eigenvalue weighted by atomic mass is 10.0. The predicted octanol–water partition coefficient (Wildman–Crippen LogP) is 3.18. The van der Waals surface area contributed by atoms with E-state index in [9.17, 15) is 22.4 Å². The fourth-order valence-corrected chi connectivity index (χ4v) is 3.02. The molecule has 170 valence electrons. The summed E-state index contributed by atoms with van der Waals surface area (Å²) in [4.78, 5) is 12.1. The molecule has 1 aromatic heterocycles. The Balaban J connectivity index is 1.38. The Morgan fingerprint density at radius 2 is 2.10 bits per heavy atom. The Bertz CT molecular complexity index is 888. The molecule has 13 heteroatoms. The van der Waals surface area contributed by atoms with Crippen molar-refractivity contribution in [1.29, 1.82) is 0 Å². The van der Waals surface area contributed by atoms with Gasteiger partial charge in [0.05, 0.1) is 17.5 Å². The van der Waals surface area contributed by atoms with Crippen molar-refractivity contribution in [1.82, 2.24) is 20.8 Å². The fraction of sp³-hybridized carbons (Fsp3) is 0.500. The maximum absolute atomic E-state index is 13.1. The molecule has 0 unspecified atom stereocenters. The van der Waals surface area contributed by atoms with Gasteiger partial charge in [0.25, 0.3) is 5.91 Å². The highest BCUT2D eigenvalue weighted by Crippen LogP contribution is 2.25. The number of alkyl halides is 3. The van der Waals surface area contributed by atoms with Crippen LogP contribution in [0.4, 0.5) is 17.6 Å². The minimum absolute atomic E-state index is 0.102. The fourth-order valence-electron chi connectivity index (χ4n) is 2.85. The number of hydrogen-bond donors (Lipinski definition) is 2. The van der Waals surface area contributed by atoms with E-state index in [4.69, 9.17) is 25.5 Å². The van der Waals surface area contributed by atoms with Crippen LogP contribution in [0.25, 0.3) is 0 Å². The van der Waals surface area contributed by atoms with Crippen LogP contribution in [0, 0.1) is 5.82 Å². The number of rotatable bonds is 8. The van der Waals surface area contributed by atoms with Gasteiger partial charge >= 0.3 is 12.3 Å². The molecule has 3 rings (SSSR count). The van der Waals surface area contributed by atoms with Crippen LogP contribution in [0.5, 0.6) is 11.8 Å². The number of piperidine rings is 1. The predicted molar refractivity (Wildman–Crippen MR) is 99.3 cm³/mol. The van der Waals surface area contributed by atoms with Gasteiger partial charge in [-0.15, -0.1) is 5.10 Å². The molecule has 0 spiro atoms. The van der Waals surface area contributed by atoms with Crippen LogP contribution in [0.2, 0.25) is 5.02 Å². The molecule has 2 heterocycles. The summed E-state index contributed by atoms with van der Waals surface area (Å²) in [6, 6.07) is 3.31. The Kier molecular flexibility index (Phi) is 7.55. The van der Waals surface area contributed by atoms with Gasteiger partial charge in [-0.3, -0.25) is 4.79 Å². The van der Waals surface area contributed by atoms with Crippen LogP contribution in [-0.2, 0) is 4.79 Å². The first-order valence-electron chi connectivity index (χ1n) is 9.33. The number of carbonyl (C=O) groups excluding carboxylic acids is 1. The molecule has 8 nitrogen and oxygen atoms in total. The molecule has 1 amide bonds. The number of nitrogens with one attached hydrogen (secondary N) is 2. The van der Waals surface area contributed by atoms with E-state index in [1.54, 1.807) is 0 Å². The third-order valence-electron chi connectivity index (χ3n) is 4.37. The molecule has 1 saturated heterocycles. The van der Waals surface area contributed by atoms with E-state index in [-0.39, 0.29) is 47.3 Å². The van der Waals surface area contributed by atoms with Gasteiger partial charge in [0.1, 0.15) is 18.2 Å². The lowest BCUT2D eigenvalue weighted by Gasteiger charge is -2.28. The molecule has 0 radical (unpaired) electrons. The van der Waals surface area contributed by atoms with E-state index < -0.39 is 25.0 Å². The van der Waals surface area contributed by atoms with Gasteiger partial charge in [0.2, 0.25) is 5.89 Å². The van der Waals surface area contributed by atoms with Gasteiger partial charge in [0.15, 0.2) is 6.61 Å². The van der Waals surface area contributed by atoms with E-state index in [1.165, 1.54) is 12.1 Å². The average Bonchev–Trinajstić information content (AvgIpc) is 3.17. The molecule has 1 aliphatic heterocycles. The van der Waals surface area contributed by atoms with Crippen LogP contribution in [0.1, 0.15) is 31.2 Å². The molecule has 1 fully saturated rings. The monoisotopic (exact) mass is 466 g/mol. The molecular weight excluding hydrogens is 448 g/mol. The van der Waals surface area contributed by atoms with E-state index in [0.29, 0.717) is 19.4 Å². The van der Waals surface area contributed by atoms with Gasteiger partial charge in [-0.1, -0.05) is 16.7 Å². The first-order chi connectivity index (χ1) is 14.7. The number of halogens is 5. The second kappa shape index (κ2) is 10.1. The highest BCUT2D eigenvalue weighted by Gasteiger charge is 2.29. The van der Waals surface area contributed by atoms with Crippen molar-refractivity contribution in [3.05, 3.63) is 34.9 Å². The van der Waals surface area contributed by atoms with Crippen molar-refractivity contribution in [3.63, 3.8) is 0 Å². The van der Waals surface area contributed by atoms with Crippen LogP contribution < -0.4 is 20.1 Å². The number of hydrogen-bond acceptors (Lipinski definition) is 7. The molecule has 1 aromatic carbocycles. The van der Waals surface area contributed by atoms with Crippen LogP contribution in [0.15, 0.2) is 22.6 Å². The minimum atomic E-state index is -4.33. The van der Waals surface area contributed by atoms with E-state index in [2.05, 4.69) is 20.8 Å². The number of ether oxygens (including phenoxy) is 2. The number of carbonyl (C=O) groups is 1. The summed E-state index contributed by atoms with van der Waals surface area (Å²) in [5.41, 5.74) is 0. The number of nitrogens with zero attached hydrogens (tertiary/aromatic N) is 2. The molecular formula is C18H19ClF4N4O4. The van der Waals surface area contributed by atoms with E-state index in [1.807, 2.05) is 0 Å². The highest BCUT2D eigenvalue weighted by molar-refractivity contribution is 6.30. The van der Waals surface area contributed by atoms with Gasteiger partial charge in [-0.05, 0) is 25.0 Å². The normalized spacial score (nSPS) is 19.1. The molecule has 1 aliphatic rings. The molecule has 2 atom stereocenters. The Hall–Kier alpha value is -2.60.